The maximum atomic E-state index is 13.3. The van der Waals surface area contributed by atoms with Crippen LogP contribution in [0.5, 0.6) is 0 Å². The molecule has 0 spiro atoms. The molecule has 0 fully saturated rings. The molecule has 3 heterocycles. The highest BCUT2D eigenvalue weighted by molar-refractivity contribution is 6.76. The van der Waals surface area contributed by atoms with Crippen LogP contribution in [0.25, 0.3) is 22.2 Å². The number of carbonyl (C=O) groups excluding carboxylic acids is 1. The molecule has 0 aliphatic carbocycles. The number of aromatic amines is 2. The summed E-state index contributed by atoms with van der Waals surface area (Å²) in [5.41, 5.74) is 2.68. The number of hydrogen-bond acceptors (Lipinski definition) is 4. The van der Waals surface area contributed by atoms with E-state index in [1.54, 1.807) is 18.5 Å². The van der Waals surface area contributed by atoms with E-state index in [0.717, 1.165) is 16.9 Å². The first-order valence-electron chi connectivity index (χ1n) is 10.5. The smallest absolute Gasteiger partial charge is 0.261 e. The number of H-pyrrole nitrogens is 2. The van der Waals surface area contributed by atoms with Gasteiger partial charge in [-0.2, -0.15) is 5.10 Å². The zero-order valence-electron chi connectivity index (χ0n) is 18.4. The minimum Gasteiger partial charge on any atom is -0.361 e. The molecule has 4 rings (SSSR count). The molecule has 3 N–H and O–H groups in total. The van der Waals surface area contributed by atoms with Crippen LogP contribution in [0.1, 0.15) is 10.4 Å². The summed E-state index contributed by atoms with van der Waals surface area (Å²) in [4.78, 5) is 29.4. The summed E-state index contributed by atoms with van der Waals surface area (Å²) in [7, 11) is -1.25. The van der Waals surface area contributed by atoms with E-state index >= 15 is 0 Å². The zero-order valence-corrected chi connectivity index (χ0v) is 19.4. The number of nitrogens with zero attached hydrogens (tertiary/aromatic N) is 2. The quantitative estimate of drug-likeness (QED) is 0.276. The van der Waals surface area contributed by atoms with Crippen molar-refractivity contribution in [3.63, 3.8) is 0 Å². The topological polar surface area (TPSA) is 105 Å². The highest BCUT2D eigenvalue weighted by Crippen LogP contribution is 2.23. The first kappa shape index (κ1) is 21.8. The molecule has 0 radical (unpaired) electrons. The minimum absolute atomic E-state index is 0.0867. The molecule has 0 aliphatic heterocycles. The largest absolute Gasteiger partial charge is 0.361 e. The van der Waals surface area contributed by atoms with Crippen LogP contribution in [0, 0.1) is 0 Å². The van der Waals surface area contributed by atoms with Gasteiger partial charge >= 0.3 is 0 Å². The molecule has 0 aliphatic rings. The van der Waals surface area contributed by atoms with Crippen LogP contribution in [-0.2, 0) is 11.5 Å². The van der Waals surface area contributed by atoms with E-state index in [0.29, 0.717) is 29.1 Å². The van der Waals surface area contributed by atoms with Crippen molar-refractivity contribution in [1.29, 1.82) is 0 Å². The lowest BCUT2D eigenvalue weighted by atomic mass is 10.1. The van der Waals surface area contributed by atoms with E-state index in [4.69, 9.17) is 4.74 Å². The van der Waals surface area contributed by atoms with E-state index in [1.807, 2.05) is 30.3 Å². The van der Waals surface area contributed by atoms with Crippen molar-refractivity contribution in [1.82, 2.24) is 19.7 Å². The molecule has 0 atom stereocenters. The maximum Gasteiger partial charge on any atom is 0.261 e. The van der Waals surface area contributed by atoms with Gasteiger partial charge in [-0.25, -0.2) is 0 Å². The van der Waals surface area contributed by atoms with Crippen LogP contribution in [0.3, 0.4) is 0 Å². The molecule has 1 aromatic carbocycles. The standard InChI is InChI=1S/C23H27N5O3Si/c1-32(2,3)9-8-31-15-28-14-17(22(29)26-18-12-24-25-13-18)10-19(23(28)30)21-11-16-6-4-5-7-20(16)27-21/h4-7,10-14,27H,8-9,15H2,1-3H3,(H,24,25)(H,26,29). The Hall–Kier alpha value is -3.43. The van der Waals surface area contributed by atoms with Crippen LogP contribution in [0.2, 0.25) is 25.7 Å². The van der Waals surface area contributed by atoms with Crippen LogP contribution in [0.4, 0.5) is 5.69 Å². The fourth-order valence-corrected chi connectivity index (χ4v) is 4.09. The van der Waals surface area contributed by atoms with Crippen molar-refractivity contribution in [2.45, 2.75) is 32.4 Å². The number of anilines is 1. The molecule has 0 saturated carbocycles. The molecule has 0 saturated heterocycles. The van der Waals surface area contributed by atoms with Crippen LogP contribution < -0.4 is 10.9 Å². The lowest BCUT2D eigenvalue weighted by molar-refractivity contribution is 0.0844. The third-order valence-corrected chi connectivity index (χ3v) is 6.86. The van der Waals surface area contributed by atoms with E-state index in [-0.39, 0.29) is 18.2 Å². The fourth-order valence-electron chi connectivity index (χ4n) is 3.33. The highest BCUT2D eigenvalue weighted by Gasteiger charge is 2.17. The Balaban J connectivity index is 1.68. The summed E-state index contributed by atoms with van der Waals surface area (Å²) in [5, 5.41) is 10.3. The van der Waals surface area contributed by atoms with Gasteiger partial charge in [-0.3, -0.25) is 19.3 Å². The van der Waals surface area contributed by atoms with Gasteiger partial charge < -0.3 is 15.0 Å². The van der Waals surface area contributed by atoms with Crippen LogP contribution in [0.15, 0.2) is 59.8 Å². The van der Waals surface area contributed by atoms with Crippen molar-refractivity contribution in [2.24, 2.45) is 0 Å². The minimum atomic E-state index is -1.25. The van der Waals surface area contributed by atoms with Crippen molar-refractivity contribution in [3.8, 4) is 11.3 Å². The Labute approximate surface area is 186 Å². The van der Waals surface area contributed by atoms with Gasteiger partial charge in [0.2, 0.25) is 0 Å². The number of nitrogens with one attached hydrogen (secondary N) is 3. The Morgan fingerprint density at radius 3 is 2.75 bits per heavy atom. The van der Waals surface area contributed by atoms with Crippen LogP contribution >= 0.6 is 0 Å². The Kier molecular flexibility index (Phi) is 6.11. The summed E-state index contributed by atoms with van der Waals surface area (Å²) >= 11 is 0. The molecule has 32 heavy (non-hydrogen) atoms. The van der Waals surface area contributed by atoms with Gasteiger partial charge in [0.15, 0.2) is 0 Å². The number of carbonyl (C=O) groups is 1. The number of benzene rings is 1. The van der Waals surface area contributed by atoms with Gasteiger partial charge in [-0.15, -0.1) is 0 Å². The molecule has 8 nitrogen and oxygen atoms in total. The summed E-state index contributed by atoms with van der Waals surface area (Å²) < 4.78 is 7.26. The molecule has 1 amide bonds. The van der Waals surface area contributed by atoms with E-state index in [2.05, 4.69) is 40.1 Å². The number of ether oxygens (including phenoxy) is 1. The maximum absolute atomic E-state index is 13.3. The second-order valence-corrected chi connectivity index (χ2v) is 14.6. The number of hydrogen-bond donors (Lipinski definition) is 3. The predicted molar refractivity (Wildman–Crippen MR) is 129 cm³/mol. The third-order valence-electron chi connectivity index (χ3n) is 5.15. The molecule has 3 aromatic heterocycles. The monoisotopic (exact) mass is 449 g/mol. The number of amides is 1. The third kappa shape index (κ3) is 5.06. The van der Waals surface area contributed by atoms with Gasteiger partial charge in [-0.1, -0.05) is 37.8 Å². The second-order valence-electron chi connectivity index (χ2n) is 8.98. The number of fused-ring (bicyclic) bond motifs is 1. The number of rotatable bonds is 8. The number of aromatic nitrogens is 4. The van der Waals surface area contributed by atoms with Gasteiger partial charge in [0.05, 0.1) is 28.7 Å². The van der Waals surface area contributed by atoms with E-state index in [1.165, 1.54) is 10.8 Å². The van der Waals surface area contributed by atoms with Crippen LogP contribution in [-0.4, -0.2) is 40.3 Å². The zero-order chi connectivity index (χ0) is 22.7. The summed E-state index contributed by atoms with van der Waals surface area (Å²) in [6.07, 6.45) is 4.65. The first-order chi connectivity index (χ1) is 15.3. The highest BCUT2D eigenvalue weighted by atomic mass is 28.3. The van der Waals surface area contributed by atoms with Crippen molar-refractivity contribution < 1.29 is 9.53 Å². The SMILES string of the molecule is C[Si](C)(C)CCOCn1cc(C(=O)Nc2cn[nH]c2)cc(-c2cc3ccccc3[nH]2)c1=O. The summed E-state index contributed by atoms with van der Waals surface area (Å²) in [6.45, 7) is 7.49. The average molecular weight is 450 g/mol. The molecule has 0 unspecified atom stereocenters. The molecule has 0 bridgehead atoms. The van der Waals surface area contributed by atoms with Gasteiger partial charge in [0, 0.05) is 38.0 Å². The molecular formula is C23H27N5O3Si. The van der Waals surface area contributed by atoms with Gasteiger partial charge in [-0.05, 0) is 24.2 Å². The Morgan fingerprint density at radius 1 is 1.22 bits per heavy atom. The molecule has 4 aromatic rings. The Bertz CT molecular complexity index is 1250. The second kappa shape index (κ2) is 8.97. The molecular weight excluding hydrogens is 422 g/mol. The fraction of sp³-hybridized carbons (Fsp3) is 0.261. The summed E-state index contributed by atoms with van der Waals surface area (Å²) in [5.74, 6) is -0.334. The van der Waals surface area contributed by atoms with E-state index < -0.39 is 8.07 Å². The molecule has 9 heteroatoms. The normalized spacial score (nSPS) is 11.7. The van der Waals surface area contributed by atoms with Crippen molar-refractivity contribution in [2.75, 3.05) is 11.9 Å². The lowest BCUT2D eigenvalue weighted by Gasteiger charge is -2.16. The van der Waals surface area contributed by atoms with Gasteiger partial charge in [0.1, 0.15) is 6.73 Å². The van der Waals surface area contributed by atoms with E-state index in [9.17, 15) is 9.59 Å². The average Bonchev–Trinajstić information content (AvgIpc) is 3.40. The van der Waals surface area contributed by atoms with Crippen molar-refractivity contribution >= 4 is 30.6 Å². The Morgan fingerprint density at radius 2 is 2.03 bits per heavy atom. The number of pyridine rings is 1. The van der Waals surface area contributed by atoms with Crippen molar-refractivity contribution in [3.05, 3.63) is 70.9 Å². The first-order valence-corrected chi connectivity index (χ1v) is 14.2. The number of para-hydroxylation sites is 1. The van der Waals surface area contributed by atoms with Gasteiger partial charge in [0.25, 0.3) is 11.5 Å². The predicted octanol–water partition coefficient (Wildman–Crippen LogP) is 4.28. The summed E-state index contributed by atoms with van der Waals surface area (Å²) in [6, 6.07) is 12.3. The molecule has 166 valence electrons. The lowest BCUT2D eigenvalue weighted by Crippen LogP contribution is -2.27.